The van der Waals surface area contributed by atoms with E-state index in [0.717, 1.165) is 32.1 Å². The van der Waals surface area contributed by atoms with Gasteiger partial charge in [0.15, 0.2) is 11.2 Å². The summed E-state index contributed by atoms with van der Waals surface area (Å²) < 4.78 is 9.96. The number of hydrogen-bond donors (Lipinski definition) is 0. The second-order valence-electron chi connectivity index (χ2n) is 6.30. The molecule has 0 aromatic carbocycles. The van der Waals surface area contributed by atoms with Crippen molar-refractivity contribution in [3.05, 3.63) is 27.2 Å². The maximum absolute atomic E-state index is 12.5. The Hall–Kier alpha value is -1.89. The van der Waals surface area contributed by atoms with Crippen molar-refractivity contribution in [2.75, 3.05) is 0 Å². The van der Waals surface area contributed by atoms with Gasteiger partial charge in [-0.15, -0.1) is 0 Å². The molecule has 7 heteroatoms. The predicted octanol–water partition coefficient (Wildman–Crippen LogP) is 1.17. The number of fused-ring (bicyclic) bond motifs is 1. The van der Waals surface area contributed by atoms with Crippen LogP contribution in [0.2, 0.25) is 0 Å². The van der Waals surface area contributed by atoms with Crippen LogP contribution in [0, 0.1) is 0 Å². The van der Waals surface area contributed by atoms with Crippen molar-refractivity contribution >= 4 is 11.2 Å². The monoisotopic (exact) mass is 320 g/mol. The van der Waals surface area contributed by atoms with E-state index in [4.69, 9.17) is 4.74 Å². The van der Waals surface area contributed by atoms with Crippen LogP contribution in [0.4, 0.5) is 0 Å². The van der Waals surface area contributed by atoms with E-state index in [9.17, 15) is 9.59 Å². The Kier molecular flexibility index (Phi) is 4.39. The molecule has 1 aliphatic rings. The van der Waals surface area contributed by atoms with Crippen molar-refractivity contribution < 1.29 is 4.74 Å². The van der Waals surface area contributed by atoms with Crippen LogP contribution in [0.1, 0.15) is 39.0 Å². The van der Waals surface area contributed by atoms with Gasteiger partial charge in [0.05, 0.1) is 18.5 Å². The molecule has 2 aromatic heterocycles. The quantitative estimate of drug-likeness (QED) is 0.567. The molecule has 7 nitrogen and oxygen atoms in total. The normalized spacial score (nSPS) is 20.3. The van der Waals surface area contributed by atoms with Crippen molar-refractivity contribution in [1.29, 1.82) is 0 Å². The van der Waals surface area contributed by atoms with Crippen LogP contribution in [0.3, 0.4) is 0 Å². The summed E-state index contributed by atoms with van der Waals surface area (Å²) in [6, 6.07) is 0. The summed E-state index contributed by atoms with van der Waals surface area (Å²) in [6.07, 6.45) is 7.50. The highest BCUT2D eigenvalue weighted by Crippen LogP contribution is 2.29. The lowest BCUT2D eigenvalue weighted by molar-refractivity contribution is 0.354. The van der Waals surface area contributed by atoms with Gasteiger partial charge in [0.2, 0.25) is 0 Å². The van der Waals surface area contributed by atoms with E-state index >= 15 is 0 Å². The van der Waals surface area contributed by atoms with Crippen molar-refractivity contribution in [2.45, 2.75) is 57.8 Å². The highest BCUT2D eigenvalue weighted by Gasteiger charge is 2.35. The first kappa shape index (κ1) is 16.0. The van der Waals surface area contributed by atoms with Crippen LogP contribution in [0.15, 0.2) is 15.9 Å². The van der Waals surface area contributed by atoms with Crippen molar-refractivity contribution in [3.63, 3.8) is 0 Å². The summed E-state index contributed by atoms with van der Waals surface area (Å²) in [7, 11) is 3.42. The molecule has 2 unspecified atom stereocenters. The van der Waals surface area contributed by atoms with E-state index in [1.807, 2.05) is 0 Å². The minimum atomic E-state index is -0.294. The van der Waals surface area contributed by atoms with Crippen LogP contribution in [0.25, 0.3) is 11.2 Å². The zero-order valence-corrected chi connectivity index (χ0v) is 14.0. The molecule has 0 spiro atoms. The minimum Gasteiger partial charge on any atom is -0.370 e. The Labute approximate surface area is 134 Å². The highest BCUT2D eigenvalue weighted by molar-refractivity contribution is 5.69. The number of imidazole rings is 1. The first-order valence-electron chi connectivity index (χ1n) is 8.31. The maximum Gasteiger partial charge on any atom is 0.332 e. The Morgan fingerprint density at radius 3 is 2.65 bits per heavy atom. The molecule has 2 atom stereocenters. The van der Waals surface area contributed by atoms with Gasteiger partial charge in [0, 0.05) is 20.6 Å². The van der Waals surface area contributed by atoms with Gasteiger partial charge in [-0.3, -0.25) is 13.9 Å². The first-order chi connectivity index (χ1) is 11.0. The van der Waals surface area contributed by atoms with Crippen LogP contribution in [0.5, 0.6) is 0 Å². The molecule has 1 fully saturated rings. The van der Waals surface area contributed by atoms with Gasteiger partial charge in [-0.25, -0.2) is 9.78 Å². The van der Waals surface area contributed by atoms with Gasteiger partial charge in [-0.2, -0.15) is 0 Å². The number of aromatic nitrogens is 4. The van der Waals surface area contributed by atoms with E-state index in [1.165, 1.54) is 9.13 Å². The third kappa shape index (κ3) is 2.97. The Morgan fingerprint density at radius 1 is 1.17 bits per heavy atom. The van der Waals surface area contributed by atoms with Crippen molar-refractivity contribution in [1.82, 2.24) is 18.7 Å². The minimum absolute atomic E-state index is 0.250. The predicted molar refractivity (Wildman–Crippen MR) is 87.6 cm³/mol. The van der Waals surface area contributed by atoms with Gasteiger partial charge in [-0.1, -0.05) is 19.8 Å². The van der Waals surface area contributed by atoms with Gasteiger partial charge in [0.1, 0.15) is 0 Å². The van der Waals surface area contributed by atoms with E-state index < -0.39 is 0 Å². The number of ether oxygens (including phenoxy) is 1. The van der Waals surface area contributed by atoms with E-state index in [2.05, 4.69) is 11.9 Å². The number of hydrogen-bond acceptors (Lipinski definition) is 4. The molecule has 1 saturated heterocycles. The van der Waals surface area contributed by atoms with Gasteiger partial charge < -0.3 is 9.30 Å². The third-order valence-electron chi connectivity index (χ3n) is 4.66. The van der Waals surface area contributed by atoms with Crippen LogP contribution in [-0.4, -0.2) is 30.9 Å². The summed E-state index contributed by atoms with van der Waals surface area (Å²) in [4.78, 5) is 29.0. The van der Waals surface area contributed by atoms with Gasteiger partial charge >= 0.3 is 5.69 Å². The lowest BCUT2D eigenvalue weighted by atomic mass is 10.1. The summed E-state index contributed by atoms with van der Waals surface area (Å²) in [5.74, 6) is 0. The fourth-order valence-electron chi connectivity index (χ4n) is 3.18. The average Bonchev–Trinajstić information content (AvgIpc) is 3.19. The molecule has 0 aliphatic carbocycles. The molecule has 0 bridgehead atoms. The standard InChI is InChI=1S/C16H24N4O3/c1-4-11-12(23-11)8-6-5-7-9-20-15(21)13-14(17-10-18(13)2)19(3)16(20)22/h10-12H,4-9H2,1-3H3. The SMILES string of the molecule is CCC1OC1CCCCCn1c(=O)c2c(ncn2C)n(C)c1=O. The molecule has 23 heavy (non-hydrogen) atoms. The van der Waals surface area contributed by atoms with Crippen molar-refractivity contribution in [2.24, 2.45) is 14.1 Å². The zero-order valence-electron chi connectivity index (χ0n) is 14.0. The Morgan fingerprint density at radius 2 is 1.96 bits per heavy atom. The molecular formula is C16H24N4O3. The lowest BCUT2D eigenvalue weighted by Gasteiger charge is -2.08. The van der Waals surface area contributed by atoms with Crippen LogP contribution < -0.4 is 11.2 Å². The zero-order chi connectivity index (χ0) is 16.6. The Bertz CT molecular complexity index is 817. The van der Waals surface area contributed by atoms with Crippen molar-refractivity contribution in [3.8, 4) is 0 Å². The van der Waals surface area contributed by atoms with Crippen LogP contribution >= 0.6 is 0 Å². The Balaban J connectivity index is 1.65. The van der Waals surface area contributed by atoms with Gasteiger partial charge in [0.25, 0.3) is 5.56 Å². The average molecular weight is 320 g/mol. The molecule has 126 valence electrons. The first-order valence-corrected chi connectivity index (χ1v) is 8.31. The number of aryl methyl sites for hydroxylation is 2. The largest absolute Gasteiger partial charge is 0.370 e. The molecule has 3 rings (SSSR count). The molecule has 0 N–H and O–H groups in total. The summed E-state index contributed by atoms with van der Waals surface area (Å²) in [5, 5.41) is 0. The molecule has 3 heterocycles. The maximum atomic E-state index is 12.5. The molecule has 0 radical (unpaired) electrons. The third-order valence-corrected chi connectivity index (χ3v) is 4.66. The second kappa shape index (κ2) is 6.31. The topological polar surface area (TPSA) is 74.3 Å². The fourth-order valence-corrected chi connectivity index (χ4v) is 3.18. The van der Waals surface area contributed by atoms with E-state index in [-0.39, 0.29) is 11.2 Å². The molecular weight excluding hydrogens is 296 g/mol. The van der Waals surface area contributed by atoms with Gasteiger partial charge in [-0.05, 0) is 19.3 Å². The number of nitrogens with zero attached hydrogens (tertiary/aromatic N) is 4. The summed E-state index contributed by atoms with van der Waals surface area (Å²) in [6.45, 7) is 2.59. The van der Waals surface area contributed by atoms with Crippen LogP contribution in [-0.2, 0) is 25.4 Å². The number of epoxide rings is 1. The highest BCUT2D eigenvalue weighted by atomic mass is 16.6. The van der Waals surface area contributed by atoms with E-state index in [1.54, 1.807) is 25.0 Å². The molecule has 1 aliphatic heterocycles. The summed E-state index contributed by atoms with van der Waals surface area (Å²) >= 11 is 0. The summed E-state index contributed by atoms with van der Waals surface area (Å²) in [5.41, 5.74) is 0.372. The number of rotatable bonds is 7. The molecule has 0 amide bonds. The number of unbranched alkanes of at least 4 members (excludes halogenated alkanes) is 2. The second-order valence-corrected chi connectivity index (χ2v) is 6.30. The smallest absolute Gasteiger partial charge is 0.332 e. The lowest BCUT2D eigenvalue weighted by Crippen LogP contribution is -2.39. The molecule has 2 aromatic rings. The molecule has 0 saturated carbocycles. The van der Waals surface area contributed by atoms with E-state index in [0.29, 0.717) is 29.9 Å². The fraction of sp³-hybridized carbons (Fsp3) is 0.688.